The van der Waals surface area contributed by atoms with Crippen LogP contribution in [0.1, 0.15) is 0 Å². The van der Waals surface area contributed by atoms with Crippen LogP contribution in [0, 0.1) is 0 Å². The van der Waals surface area contributed by atoms with Crippen molar-refractivity contribution in [2.45, 2.75) is 5.51 Å². The Kier molecular flexibility index (Phi) is 4.34. The Morgan fingerprint density at radius 3 is 1.73 bits per heavy atom. The molecule has 0 aromatic carbocycles. The highest BCUT2D eigenvalue weighted by Gasteiger charge is 2.44. The van der Waals surface area contributed by atoms with Gasteiger partial charge >= 0.3 is 15.6 Å². The van der Waals surface area contributed by atoms with Crippen molar-refractivity contribution in [3.05, 3.63) is 5.82 Å². The zero-order chi connectivity index (χ0) is 12.1. The average Bonchev–Trinajstić information content (AvgIpc) is 2.52. The number of alkyl halides is 3. The molecule has 0 aromatic rings. The minimum Gasteiger partial charge on any atom is -0.279 e. The molecule has 1 rings (SSSR count). The number of aliphatic imine (C=N–C) groups is 2. The van der Waals surface area contributed by atoms with Gasteiger partial charge in [0.1, 0.15) is 0 Å². The van der Waals surface area contributed by atoms with E-state index in [-0.39, 0.29) is 5.82 Å². The minimum absolute atomic E-state index is 0.125. The summed E-state index contributed by atoms with van der Waals surface area (Å²) in [5.41, 5.74) is -5.53. The highest BCUT2D eigenvalue weighted by molar-refractivity contribution is 7.86. The molecule has 0 aliphatic carbocycles. The summed E-state index contributed by atoms with van der Waals surface area (Å²) in [7, 11) is -5.84. The molecule has 0 radical (unpaired) electrons. The van der Waals surface area contributed by atoms with Crippen LogP contribution < -0.4 is 0 Å². The molecule has 1 N–H and O–H groups in total. The zero-order valence-corrected chi connectivity index (χ0v) is 7.58. The van der Waals surface area contributed by atoms with Gasteiger partial charge in [0.25, 0.3) is 0 Å². The maximum absolute atomic E-state index is 10.7. The Hall–Kier alpha value is -1.51. The lowest BCUT2D eigenvalue weighted by Gasteiger charge is -1.97. The summed E-state index contributed by atoms with van der Waals surface area (Å²) in [5, 5.41) is 0. The molecule has 15 heavy (non-hydrogen) atoms. The molecule has 0 aromatic heterocycles. The first-order valence-electron chi connectivity index (χ1n) is 3.04. The van der Waals surface area contributed by atoms with Crippen molar-refractivity contribution in [3.63, 3.8) is 0 Å². The quantitative estimate of drug-likeness (QED) is 0.374. The van der Waals surface area contributed by atoms with Gasteiger partial charge in [-0.15, -0.1) is 0 Å². The van der Waals surface area contributed by atoms with Gasteiger partial charge < -0.3 is 0 Å². The van der Waals surface area contributed by atoms with Gasteiger partial charge in [-0.3, -0.25) is 4.55 Å². The SMILES string of the molecule is O=C=C1N=CC=N1.O=S(=O)(O)C(F)(F)F. The van der Waals surface area contributed by atoms with Crippen LogP contribution in [0.2, 0.25) is 0 Å². The number of nitrogens with zero attached hydrogens (tertiary/aromatic N) is 2. The fraction of sp³-hybridized carbons (Fsp3) is 0.200. The second-order valence-corrected chi connectivity index (χ2v) is 3.32. The van der Waals surface area contributed by atoms with Crippen molar-refractivity contribution in [1.82, 2.24) is 0 Å². The smallest absolute Gasteiger partial charge is 0.279 e. The third-order valence-corrected chi connectivity index (χ3v) is 1.43. The van der Waals surface area contributed by atoms with E-state index in [0.717, 1.165) is 0 Å². The van der Waals surface area contributed by atoms with Crippen molar-refractivity contribution in [2.24, 2.45) is 9.98 Å². The lowest BCUT2D eigenvalue weighted by Crippen LogP contribution is -2.21. The van der Waals surface area contributed by atoms with Crippen LogP contribution in [0.25, 0.3) is 0 Å². The van der Waals surface area contributed by atoms with Gasteiger partial charge in [0.2, 0.25) is 5.82 Å². The lowest BCUT2D eigenvalue weighted by molar-refractivity contribution is -0.0510. The molecule has 1 heterocycles. The van der Waals surface area contributed by atoms with Crippen LogP contribution in [0.15, 0.2) is 15.8 Å². The van der Waals surface area contributed by atoms with E-state index in [0.29, 0.717) is 0 Å². The minimum atomic E-state index is -5.84. The molecular weight excluding hydrogens is 241 g/mol. The zero-order valence-electron chi connectivity index (χ0n) is 6.76. The summed E-state index contributed by atoms with van der Waals surface area (Å²) in [6.45, 7) is 0. The normalized spacial score (nSPS) is 14.5. The Labute approximate surface area is 81.6 Å². The number of hydrogen-bond donors (Lipinski definition) is 1. The lowest BCUT2D eigenvalue weighted by atomic mass is 10.9. The fourth-order valence-corrected chi connectivity index (χ4v) is 0.294. The van der Waals surface area contributed by atoms with Crippen LogP contribution in [-0.2, 0) is 14.9 Å². The topological polar surface area (TPSA) is 96.2 Å². The molecule has 0 spiro atoms. The van der Waals surface area contributed by atoms with Gasteiger partial charge in [0.05, 0.1) is 0 Å². The Morgan fingerprint density at radius 1 is 1.27 bits per heavy atom. The molecule has 6 nitrogen and oxygen atoms in total. The predicted molar refractivity (Wildman–Crippen MR) is 43.8 cm³/mol. The third kappa shape index (κ3) is 5.05. The van der Waals surface area contributed by atoms with Gasteiger partial charge in [0, 0.05) is 12.4 Å². The van der Waals surface area contributed by atoms with Crippen LogP contribution in [0.4, 0.5) is 13.2 Å². The van der Waals surface area contributed by atoms with Crippen molar-refractivity contribution in [2.75, 3.05) is 0 Å². The highest BCUT2D eigenvalue weighted by atomic mass is 32.2. The van der Waals surface area contributed by atoms with Gasteiger partial charge in [-0.25, -0.2) is 14.8 Å². The summed E-state index contributed by atoms with van der Waals surface area (Å²) < 4.78 is 57.5. The van der Waals surface area contributed by atoms with Crippen molar-refractivity contribution < 1.29 is 30.9 Å². The van der Waals surface area contributed by atoms with E-state index >= 15 is 0 Å². The predicted octanol–water partition coefficient (Wildman–Crippen LogP) is 0.209. The molecule has 1 aliphatic rings. The summed E-state index contributed by atoms with van der Waals surface area (Å²) in [6.07, 6.45) is 2.89. The molecule has 1 aliphatic heterocycles. The van der Waals surface area contributed by atoms with E-state index in [9.17, 15) is 18.0 Å². The molecular formula is C5H3F3N2O4S. The van der Waals surface area contributed by atoms with Crippen molar-refractivity contribution in [3.8, 4) is 0 Å². The van der Waals surface area contributed by atoms with Gasteiger partial charge in [0.15, 0.2) is 5.94 Å². The van der Waals surface area contributed by atoms with E-state index in [1.165, 1.54) is 18.4 Å². The van der Waals surface area contributed by atoms with E-state index in [1.807, 2.05) is 0 Å². The third-order valence-electron chi connectivity index (χ3n) is 0.844. The molecule has 0 bridgehead atoms. The molecule has 0 saturated carbocycles. The first-order chi connectivity index (χ1) is 6.68. The number of rotatable bonds is 0. The molecule has 0 unspecified atom stereocenters. The standard InChI is InChI=1S/C4H2N2O.CHF3O3S/c7-3-4-5-1-2-6-4;2-1(3,4)8(5,6)7/h1-2H;(H,5,6,7). The first-order valence-corrected chi connectivity index (χ1v) is 4.48. The van der Waals surface area contributed by atoms with Crippen molar-refractivity contribution >= 4 is 28.5 Å². The Morgan fingerprint density at radius 2 is 1.60 bits per heavy atom. The number of halogens is 3. The fourth-order valence-electron chi connectivity index (χ4n) is 0.294. The van der Waals surface area contributed by atoms with Gasteiger partial charge in [-0.05, 0) is 0 Å². The summed E-state index contributed by atoms with van der Waals surface area (Å²) in [5.74, 6) is 1.66. The summed E-state index contributed by atoms with van der Waals surface area (Å²) >= 11 is 0. The van der Waals surface area contributed by atoms with Gasteiger partial charge in [-0.2, -0.15) is 21.6 Å². The van der Waals surface area contributed by atoms with Gasteiger partial charge in [-0.1, -0.05) is 0 Å². The number of hydrogen-bond acceptors (Lipinski definition) is 5. The maximum Gasteiger partial charge on any atom is 0.522 e. The van der Waals surface area contributed by atoms with Crippen LogP contribution in [-0.4, -0.2) is 36.8 Å². The largest absolute Gasteiger partial charge is 0.522 e. The molecule has 0 saturated heterocycles. The van der Waals surface area contributed by atoms with Crippen LogP contribution in [0.3, 0.4) is 0 Å². The van der Waals surface area contributed by atoms with E-state index in [1.54, 1.807) is 0 Å². The maximum atomic E-state index is 10.7. The molecule has 84 valence electrons. The molecule has 0 fully saturated rings. The van der Waals surface area contributed by atoms with Crippen LogP contribution >= 0.6 is 0 Å². The highest BCUT2D eigenvalue weighted by Crippen LogP contribution is 2.20. The first kappa shape index (κ1) is 13.5. The van der Waals surface area contributed by atoms with Crippen molar-refractivity contribution in [1.29, 1.82) is 0 Å². The summed E-state index contributed by atoms with van der Waals surface area (Å²) in [6, 6.07) is 0. The molecule has 0 atom stereocenters. The molecule has 0 amide bonds. The average molecular weight is 244 g/mol. The molecule has 10 heteroatoms. The second kappa shape index (κ2) is 4.82. The Balaban J connectivity index is 0.000000262. The summed E-state index contributed by atoms with van der Waals surface area (Å²) in [4.78, 5) is 16.6. The second-order valence-electron chi connectivity index (χ2n) is 1.90. The van der Waals surface area contributed by atoms with E-state index < -0.39 is 15.6 Å². The Bertz CT molecular complexity index is 416. The van der Waals surface area contributed by atoms with E-state index in [2.05, 4.69) is 9.98 Å². The monoisotopic (exact) mass is 244 g/mol. The number of carbonyl (C=O) groups excluding carboxylic acids is 1. The van der Waals surface area contributed by atoms with Crippen LogP contribution in [0.5, 0.6) is 0 Å². The van der Waals surface area contributed by atoms with E-state index in [4.69, 9.17) is 13.0 Å².